The topological polar surface area (TPSA) is 84.1 Å². The van der Waals surface area contributed by atoms with Gasteiger partial charge in [0.15, 0.2) is 0 Å². The Morgan fingerprint density at radius 2 is 2.04 bits per heavy atom. The lowest BCUT2D eigenvalue weighted by molar-refractivity contribution is 0.406. The number of sulfonamides is 1. The lowest BCUT2D eigenvalue weighted by atomic mass is 10.0. The molecular formula is C17H19N3O3S. The van der Waals surface area contributed by atoms with Crippen LogP contribution in [0.5, 0.6) is 5.75 Å². The number of aromatic nitrogens is 2. The van der Waals surface area contributed by atoms with Gasteiger partial charge in [-0.2, -0.15) is 0 Å². The van der Waals surface area contributed by atoms with Crippen LogP contribution in [0.1, 0.15) is 18.4 Å². The number of pyridine rings is 1. The number of benzene rings is 1. The molecule has 3 rings (SSSR count). The fourth-order valence-corrected chi connectivity index (χ4v) is 3.94. The van der Waals surface area contributed by atoms with Crippen molar-refractivity contribution in [2.75, 3.05) is 13.7 Å². The molecule has 126 valence electrons. The lowest BCUT2D eigenvalue weighted by Crippen LogP contribution is -2.27. The predicted octanol–water partition coefficient (Wildman–Crippen LogP) is 2.65. The quantitative estimate of drug-likeness (QED) is 0.719. The van der Waals surface area contributed by atoms with Crippen LogP contribution in [0.2, 0.25) is 0 Å². The van der Waals surface area contributed by atoms with Crippen molar-refractivity contribution in [2.24, 2.45) is 0 Å². The summed E-state index contributed by atoms with van der Waals surface area (Å²) in [5.74, 6) is 0.722. The highest BCUT2D eigenvalue weighted by Crippen LogP contribution is 2.26. The zero-order valence-electron chi connectivity index (χ0n) is 13.5. The minimum atomic E-state index is -3.63. The minimum absolute atomic E-state index is 0.0285. The Hall–Kier alpha value is -2.38. The van der Waals surface area contributed by atoms with Crippen LogP contribution in [0.25, 0.3) is 11.0 Å². The summed E-state index contributed by atoms with van der Waals surface area (Å²) in [6.45, 7) is 2.23. The Kier molecular flexibility index (Phi) is 4.55. The molecule has 24 heavy (non-hydrogen) atoms. The van der Waals surface area contributed by atoms with Gasteiger partial charge in [-0.05, 0) is 29.7 Å². The first kappa shape index (κ1) is 16.5. The van der Waals surface area contributed by atoms with E-state index in [1.807, 2.05) is 31.2 Å². The number of hydrogen-bond acceptors (Lipinski definition) is 4. The van der Waals surface area contributed by atoms with E-state index in [1.165, 1.54) is 6.20 Å². The van der Waals surface area contributed by atoms with E-state index in [0.717, 1.165) is 11.3 Å². The molecule has 0 aliphatic rings. The number of methoxy groups -OCH3 is 1. The van der Waals surface area contributed by atoms with Gasteiger partial charge in [0.1, 0.15) is 16.3 Å². The predicted molar refractivity (Wildman–Crippen MR) is 92.7 cm³/mol. The SMILES string of the molecule is COc1ccccc1[C@@H](C)CNS(=O)(=O)c1c[nH]c2ncccc12. The number of rotatable bonds is 6. The van der Waals surface area contributed by atoms with E-state index in [9.17, 15) is 8.42 Å². The largest absolute Gasteiger partial charge is 0.496 e. The van der Waals surface area contributed by atoms with E-state index in [0.29, 0.717) is 11.0 Å². The normalized spacial score (nSPS) is 13.1. The third-order valence-electron chi connectivity index (χ3n) is 3.95. The first-order valence-corrected chi connectivity index (χ1v) is 9.06. The van der Waals surface area contributed by atoms with Crippen LogP contribution >= 0.6 is 0 Å². The highest BCUT2D eigenvalue weighted by Gasteiger charge is 2.21. The minimum Gasteiger partial charge on any atom is -0.496 e. The second-order valence-corrected chi connectivity index (χ2v) is 7.28. The molecular weight excluding hydrogens is 326 g/mol. The maximum Gasteiger partial charge on any atom is 0.242 e. The van der Waals surface area contributed by atoms with Gasteiger partial charge in [0, 0.05) is 24.3 Å². The Balaban J connectivity index is 1.80. The van der Waals surface area contributed by atoms with Crippen LogP contribution in [0.3, 0.4) is 0 Å². The Morgan fingerprint density at radius 3 is 2.83 bits per heavy atom. The van der Waals surface area contributed by atoms with Gasteiger partial charge in [-0.15, -0.1) is 0 Å². The zero-order valence-corrected chi connectivity index (χ0v) is 14.3. The molecule has 7 heteroatoms. The molecule has 0 aliphatic heterocycles. The fourth-order valence-electron chi connectivity index (χ4n) is 2.65. The third-order valence-corrected chi connectivity index (χ3v) is 5.42. The number of ether oxygens (including phenoxy) is 1. The molecule has 1 atom stereocenters. The number of para-hydroxylation sites is 1. The molecule has 0 unspecified atom stereocenters. The third kappa shape index (κ3) is 3.13. The van der Waals surface area contributed by atoms with Gasteiger partial charge in [-0.25, -0.2) is 18.1 Å². The van der Waals surface area contributed by atoms with Gasteiger partial charge in [0.05, 0.1) is 7.11 Å². The molecule has 6 nitrogen and oxygen atoms in total. The van der Waals surface area contributed by atoms with E-state index in [2.05, 4.69) is 14.7 Å². The second kappa shape index (κ2) is 6.62. The Labute approximate surface area is 140 Å². The van der Waals surface area contributed by atoms with Crippen molar-refractivity contribution in [3.8, 4) is 5.75 Å². The number of H-pyrrole nitrogens is 1. The maximum absolute atomic E-state index is 12.6. The van der Waals surface area contributed by atoms with Crippen LogP contribution in [0.15, 0.2) is 53.7 Å². The Bertz CT molecular complexity index is 950. The summed E-state index contributed by atoms with van der Waals surface area (Å²) in [6.07, 6.45) is 3.08. The summed E-state index contributed by atoms with van der Waals surface area (Å²) in [6, 6.07) is 11.1. The molecule has 3 aromatic rings. The van der Waals surface area contributed by atoms with Crippen molar-refractivity contribution in [3.63, 3.8) is 0 Å². The van der Waals surface area contributed by atoms with Crippen molar-refractivity contribution < 1.29 is 13.2 Å². The van der Waals surface area contributed by atoms with Gasteiger partial charge in [0.25, 0.3) is 0 Å². The molecule has 0 bridgehead atoms. The van der Waals surface area contributed by atoms with E-state index in [1.54, 1.807) is 25.4 Å². The van der Waals surface area contributed by atoms with Gasteiger partial charge in [0.2, 0.25) is 10.0 Å². The van der Waals surface area contributed by atoms with Crippen LogP contribution < -0.4 is 9.46 Å². The van der Waals surface area contributed by atoms with E-state index < -0.39 is 10.0 Å². The second-order valence-electron chi connectivity index (χ2n) is 5.55. The fraction of sp³-hybridized carbons (Fsp3) is 0.235. The van der Waals surface area contributed by atoms with E-state index in [-0.39, 0.29) is 17.4 Å². The summed E-state index contributed by atoms with van der Waals surface area (Å²) >= 11 is 0. The van der Waals surface area contributed by atoms with Crippen LogP contribution in [-0.4, -0.2) is 32.0 Å². The van der Waals surface area contributed by atoms with Crippen molar-refractivity contribution in [1.29, 1.82) is 0 Å². The molecule has 0 amide bonds. The molecule has 2 aromatic heterocycles. The van der Waals surface area contributed by atoms with Crippen LogP contribution in [-0.2, 0) is 10.0 Å². The molecule has 1 aromatic carbocycles. The maximum atomic E-state index is 12.6. The van der Waals surface area contributed by atoms with Crippen molar-refractivity contribution >= 4 is 21.1 Å². The van der Waals surface area contributed by atoms with Crippen LogP contribution in [0, 0.1) is 0 Å². The molecule has 0 spiro atoms. The lowest BCUT2D eigenvalue weighted by Gasteiger charge is -2.16. The van der Waals surface area contributed by atoms with E-state index in [4.69, 9.17) is 4.74 Å². The summed E-state index contributed by atoms with van der Waals surface area (Å²) < 4.78 is 33.2. The van der Waals surface area contributed by atoms with Gasteiger partial charge < -0.3 is 9.72 Å². The first-order valence-electron chi connectivity index (χ1n) is 7.57. The molecule has 0 fully saturated rings. The van der Waals surface area contributed by atoms with E-state index >= 15 is 0 Å². The van der Waals surface area contributed by atoms with Gasteiger partial charge in [-0.1, -0.05) is 25.1 Å². The summed E-state index contributed by atoms with van der Waals surface area (Å²) in [5.41, 5.74) is 1.51. The van der Waals surface area contributed by atoms with Crippen molar-refractivity contribution in [1.82, 2.24) is 14.7 Å². The smallest absolute Gasteiger partial charge is 0.242 e. The summed E-state index contributed by atoms with van der Waals surface area (Å²) in [4.78, 5) is 7.20. The summed E-state index contributed by atoms with van der Waals surface area (Å²) in [7, 11) is -2.02. The molecule has 0 aliphatic carbocycles. The highest BCUT2D eigenvalue weighted by molar-refractivity contribution is 7.89. The number of fused-ring (bicyclic) bond motifs is 1. The average Bonchev–Trinajstić information content (AvgIpc) is 3.04. The highest BCUT2D eigenvalue weighted by atomic mass is 32.2. The first-order chi connectivity index (χ1) is 11.5. The van der Waals surface area contributed by atoms with Gasteiger partial charge in [-0.3, -0.25) is 0 Å². The molecule has 2 heterocycles. The molecule has 0 saturated heterocycles. The standard InChI is InChI=1S/C17H19N3O3S/c1-12(13-6-3-4-8-15(13)23-2)10-20-24(21,22)16-11-19-17-14(16)7-5-9-18-17/h3-9,11-12,20H,10H2,1-2H3,(H,18,19)/t12-/m0/s1. The molecule has 0 saturated carbocycles. The van der Waals surface area contributed by atoms with Gasteiger partial charge >= 0.3 is 0 Å². The molecule has 2 N–H and O–H groups in total. The summed E-state index contributed by atoms with van der Waals surface area (Å²) in [5, 5.41) is 0.579. The number of nitrogens with zero attached hydrogens (tertiary/aromatic N) is 1. The monoisotopic (exact) mass is 345 g/mol. The number of aromatic amines is 1. The molecule has 0 radical (unpaired) electrons. The number of hydrogen-bond donors (Lipinski definition) is 2. The number of nitrogens with one attached hydrogen (secondary N) is 2. The average molecular weight is 345 g/mol. The van der Waals surface area contributed by atoms with Crippen molar-refractivity contribution in [2.45, 2.75) is 17.7 Å². The van der Waals surface area contributed by atoms with Crippen molar-refractivity contribution in [3.05, 3.63) is 54.4 Å². The zero-order chi connectivity index (χ0) is 17.2. The Morgan fingerprint density at radius 1 is 1.25 bits per heavy atom. The van der Waals surface area contributed by atoms with Crippen LogP contribution in [0.4, 0.5) is 0 Å².